The van der Waals surface area contributed by atoms with E-state index in [4.69, 9.17) is 9.47 Å². The maximum atomic E-state index is 11.5. The zero-order valence-electron chi connectivity index (χ0n) is 10.9. The van der Waals surface area contributed by atoms with Gasteiger partial charge in [-0.2, -0.15) is 0 Å². The molecule has 3 rings (SSSR count). The van der Waals surface area contributed by atoms with Crippen LogP contribution in [0.2, 0.25) is 0 Å². The smallest absolute Gasteiger partial charge is 0.231 e. The normalized spacial score (nSPS) is 25.2. The van der Waals surface area contributed by atoms with Crippen molar-refractivity contribution in [2.45, 2.75) is 38.4 Å². The molecule has 19 heavy (non-hydrogen) atoms. The number of rotatable bonds is 3. The molecule has 5 heteroatoms. The van der Waals surface area contributed by atoms with Crippen molar-refractivity contribution in [2.75, 3.05) is 6.79 Å². The minimum atomic E-state index is 0.127. The lowest BCUT2D eigenvalue weighted by molar-refractivity contribution is -0.123. The van der Waals surface area contributed by atoms with Gasteiger partial charge < -0.3 is 20.1 Å². The minimum Gasteiger partial charge on any atom is -0.454 e. The number of carbonyl (C=O) groups is 1. The van der Waals surface area contributed by atoms with E-state index in [9.17, 15) is 4.79 Å². The molecule has 0 aliphatic carbocycles. The fourth-order valence-electron chi connectivity index (χ4n) is 2.60. The first-order valence-electron chi connectivity index (χ1n) is 6.62. The Hall–Kier alpha value is -1.75. The summed E-state index contributed by atoms with van der Waals surface area (Å²) in [5.74, 6) is 1.73. The highest BCUT2D eigenvalue weighted by atomic mass is 16.7. The van der Waals surface area contributed by atoms with Gasteiger partial charge in [-0.05, 0) is 31.0 Å². The van der Waals surface area contributed by atoms with Crippen LogP contribution in [0, 0.1) is 0 Å². The van der Waals surface area contributed by atoms with E-state index in [1.165, 1.54) is 0 Å². The van der Waals surface area contributed by atoms with Crippen molar-refractivity contribution in [3.63, 3.8) is 0 Å². The van der Waals surface area contributed by atoms with E-state index in [1.807, 2.05) is 25.1 Å². The highest BCUT2D eigenvalue weighted by Crippen LogP contribution is 2.32. The first-order valence-corrected chi connectivity index (χ1v) is 6.62. The van der Waals surface area contributed by atoms with Crippen LogP contribution in [-0.2, 0) is 11.3 Å². The quantitative estimate of drug-likeness (QED) is 0.858. The third kappa shape index (κ3) is 2.81. The van der Waals surface area contributed by atoms with Crippen molar-refractivity contribution in [2.24, 2.45) is 0 Å². The number of carbonyl (C=O) groups excluding carboxylic acids is 1. The van der Waals surface area contributed by atoms with E-state index in [1.54, 1.807) is 0 Å². The standard InChI is InChI=1S/C14H18N2O3/c1-9-4-11(6-14(17)16-9)15-7-10-2-3-12-13(5-10)19-8-18-12/h2-3,5,9,11,15H,4,6-8H2,1H3,(H,16,17). The average Bonchev–Trinajstić information content (AvgIpc) is 2.82. The summed E-state index contributed by atoms with van der Waals surface area (Å²) >= 11 is 0. The summed E-state index contributed by atoms with van der Waals surface area (Å²) < 4.78 is 10.6. The molecule has 2 aliphatic rings. The molecule has 2 unspecified atom stereocenters. The van der Waals surface area contributed by atoms with Crippen LogP contribution >= 0.6 is 0 Å². The van der Waals surface area contributed by atoms with Crippen LogP contribution in [0.1, 0.15) is 25.3 Å². The molecule has 1 fully saturated rings. The summed E-state index contributed by atoms with van der Waals surface area (Å²) in [5, 5.41) is 6.36. The van der Waals surface area contributed by atoms with Crippen LogP contribution in [0.25, 0.3) is 0 Å². The Balaban J connectivity index is 1.58. The third-order valence-corrected chi connectivity index (χ3v) is 3.51. The molecule has 1 aromatic rings. The van der Waals surface area contributed by atoms with Crippen LogP contribution in [0.4, 0.5) is 0 Å². The van der Waals surface area contributed by atoms with Gasteiger partial charge in [-0.1, -0.05) is 6.07 Å². The number of amides is 1. The molecule has 1 aromatic carbocycles. The molecule has 2 N–H and O–H groups in total. The minimum absolute atomic E-state index is 0.127. The summed E-state index contributed by atoms with van der Waals surface area (Å²) in [6.07, 6.45) is 1.52. The average molecular weight is 262 g/mol. The van der Waals surface area contributed by atoms with E-state index < -0.39 is 0 Å². The van der Waals surface area contributed by atoms with Crippen LogP contribution in [-0.4, -0.2) is 24.8 Å². The van der Waals surface area contributed by atoms with Crippen molar-refractivity contribution >= 4 is 5.91 Å². The molecule has 0 saturated carbocycles. The Labute approximate surface area is 112 Å². The molecule has 0 spiro atoms. The fourth-order valence-corrected chi connectivity index (χ4v) is 2.60. The second-order valence-electron chi connectivity index (χ2n) is 5.17. The second kappa shape index (κ2) is 5.09. The van der Waals surface area contributed by atoms with Gasteiger partial charge in [0.25, 0.3) is 0 Å². The Morgan fingerprint density at radius 2 is 2.21 bits per heavy atom. The van der Waals surface area contributed by atoms with Gasteiger partial charge >= 0.3 is 0 Å². The van der Waals surface area contributed by atoms with E-state index in [0.717, 1.165) is 30.0 Å². The van der Waals surface area contributed by atoms with Gasteiger partial charge in [0.05, 0.1) is 0 Å². The molecule has 1 saturated heterocycles. The largest absolute Gasteiger partial charge is 0.454 e. The molecule has 2 atom stereocenters. The van der Waals surface area contributed by atoms with Crippen LogP contribution < -0.4 is 20.1 Å². The predicted octanol–water partition coefficient (Wildman–Crippen LogP) is 1.17. The highest BCUT2D eigenvalue weighted by molar-refractivity contribution is 5.77. The highest BCUT2D eigenvalue weighted by Gasteiger charge is 2.23. The first-order chi connectivity index (χ1) is 9.20. The lowest BCUT2D eigenvalue weighted by atomic mass is 10.00. The summed E-state index contributed by atoms with van der Waals surface area (Å²) in [6, 6.07) is 6.43. The van der Waals surface area contributed by atoms with Gasteiger partial charge in [0, 0.05) is 25.0 Å². The summed E-state index contributed by atoms with van der Waals surface area (Å²) in [5.41, 5.74) is 1.14. The molecule has 0 radical (unpaired) electrons. The number of hydrogen-bond donors (Lipinski definition) is 2. The first kappa shape index (κ1) is 12.3. The molecule has 2 aliphatic heterocycles. The maximum Gasteiger partial charge on any atom is 0.231 e. The Bertz CT molecular complexity index is 490. The van der Waals surface area contributed by atoms with E-state index >= 15 is 0 Å². The Kier molecular flexibility index (Phi) is 3.29. The van der Waals surface area contributed by atoms with Crippen molar-refractivity contribution in [3.8, 4) is 11.5 Å². The van der Waals surface area contributed by atoms with Crippen molar-refractivity contribution in [3.05, 3.63) is 23.8 Å². The van der Waals surface area contributed by atoms with E-state index in [2.05, 4.69) is 10.6 Å². The molecule has 2 heterocycles. The summed E-state index contributed by atoms with van der Waals surface area (Å²) in [7, 11) is 0. The lowest BCUT2D eigenvalue weighted by Crippen LogP contribution is -2.47. The van der Waals surface area contributed by atoms with Crippen LogP contribution in [0.15, 0.2) is 18.2 Å². The Morgan fingerprint density at radius 1 is 1.37 bits per heavy atom. The van der Waals surface area contributed by atoms with Crippen molar-refractivity contribution < 1.29 is 14.3 Å². The molecule has 5 nitrogen and oxygen atoms in total. The lowest BCUT2D eigenvalue weighted by Gasteiger charge is -2.28. The fraction of sp³-hybridized carbons (Fsp3) is 0.500. The Morgan fingerprint density at radius 3 is 3.05 bits per heavy atom. The maximum absolute atomic E-state index is 11.5. The van der Waals surface area contributed by atoms with E-state index in [-0.39, 0.29) is 18.0 Å². The van der Waals surface area contributed by atoms with Gasteiger partial charge in [0.15, 0.2) is 11.5 Å². The topological polar surface area (TPSA) is 59.6 Å². The van der Waals surface area contributed by atoms with Gasteiger partial charge in [-0.15, -0.1) is 0 Å². The molecule has 102 valence electrons. The number of ether oxygens (including phenoxy) is 2. The number of fused-ring (bicyclic) bond motifs is 1. The molecule has 1 amide bonds. The number of nitrogens with one attached hydrogen (secondary N) is 2. The predicted molar refractivity (Wildman–Crippen MR) is 70.0 cm³/mol. The van der Waals surface area contributed by atoms with Crippen LogP contribution in [0.3, 0.4) is 0 Å². The number of benzene rings is 1. The number of hydrogen-bond acceptors (Lipinski definition) is 4. The third-order valence-electron chi connectivity index (χ3n) is 3.51. The van der Waals surface area contributed by atoms with Gasteiger partial charge in [-0.3, -0.25) is 4.79 Å². The zero-order chi connectivity index (χ0) is 13.2. The number of piperidine rings is 1. The van der Waals surface area contributed by atoms with Crippen molar-refractivity contribution in [1.82, 2.24) is 10.6 Å². The monoisotopic (exact) mass is 262 g/mol. The van der Waals surface area contributed by atoms with Crippen molar-refractivity contribution in [1.29, 1.82) is 0 Å². The van der Waals surface area contributed by atoms with E-state index in [0.29, 0.717) is 13.2 Å². The summed E-state index contributed by atoms with van der Waals surface area (Å²) in [6.45, 7) is 3.07. The second-order valence-corrected chi connectivity index (χ2v) is 5.17. The van der Waals surface area contributed by atoms with Gasteiger partial charge in [0.2, 0.25) is 12.7 Å². The molecular weight excluding hydrogens is 244 g/mol. The molecule has 0 bridgehead atoms. The zero-order valence-corrected chi connectivity index (χ0v) is 10.9. The van der Waals surface area contributed by atoms with Gasteiger partial charge in [-0.25, -0.2) is 0 Å². The van der Waals surface area contributed by atoms with Gasteiger partial charge in [0.1, 0.15) is 0 Å². The summed E-state index contributed by atoms with van der Waals surface area (Å²) in [4.78, 5) is 11.5. The van der Waals surface area contributed by atoms with Crippen LogP contribution in [0.5, 0.6) is 11.5 Å². The molecular formula is C14H18N2O3. The molecule has 0 aromatic heterocycles. The SMILES string of the molecule is CC1CC(NCc2ccc3c(c2)OCO3)CC(=O)N1.